The van der Waals surface area contributed by atoms with Gasteiger partial charge in [-0.15, -0.1) is 54.1 Å². The second-order valence-corrected chi connectivity index (χ2v) is 10.5. The van der Waals surface area contributed by atoms with Crippen molar-refractivity contribution in [1.82, 2.24) is 15.0 Å². The van der Waals surface area contributed by atoms with Crippen LogP contribution in [0, 0.1) is 17.5 Å². The number of fused-ring (bicyclic) bond motifs is 5. The molecule has 5 heteroatoms. The van der Waals surface area contributed by atoms with E-state index in [4.69, 9.17) is 7.16 Å². The summed E-state index contributed by atoms with van der Waals surface area (Å²) >= 11 is 0. The Labute approximate surface area is 256 Å². The number of furan rings is 1. The molecular formula is C36H29IrN3O-2. The van der Waals surface area contributed by atoms with E-state index in [0.717, 1.165) is 43.9 Å². The standard InChI is InChI=1S/C25H21N2O.C11H8N.Ir/c1-25(2,3)14-16-9-12-27-22(13-16)20-6-4-5-18-19-8-7-17-10-11-26-15-21(17)24(19)28-23(18)20;1-2-6-10(7-3-1)11-8-4-5-9-12-11;/h4-5,7-13,15H,14H2,1-3H3;1-6,8-9H;/q2*-1;/i14D2;;. The van der Waals surface area contributed by atoms with E-state index in [-0.39, 0.29) is 20.1 Å². The molecule has 0 fully saturated rings. The summed E-state index contributed by atoms with van der Waals surface area (Å²) in [7, 11) is 0. The Kier molecular flexibility index (Phi) is 7.63. The van der Waals surface area contributed by atoms with Crippen molar-refractivity contribution >= 4 is 32.7 Å². The number of pyridine rings is 3. The fourth-order valence-electron chi connectivity index (χ4n) is 4.70. The normalized spacial score (nSPS) is 12.3. The average molecular weight is 714 g/mol. The summed E-state index contributed by atoms with van der Waals surface area (Å²) in [6, 6.07) is 33.6. The molecule has 0 aliphatic carbocycles. The Morgan fingerprint density at radius 1 is 0.756 bits per heavy atom. The molecule has 0 N–H and O–H groups in total. The van der Waals surface area contributed by atoms with Crippen molar-refractivity contribution in [3.05, 3.63) is 127 Å². The quantitative estimate of drug-likeness (QED) is 0.172. The second kappa shape index (κ2) is 12.1. The summed E-state index contributed by atoms with van der Waals surface area (Å²) in [6.07, 6.45) is 5.53. The molecule has 4 heterocycles. The van der Waals surface area contributed by atoms with E-state index < -0.39 is 11.8 Å². The molecule has 7 aromatic rings. The molecule has 0 saturated heterocycles. The van der Waals surface area contributed by atoms with Gasteiger partial charge in [-0.1, -0.05) is 67.6 Å². The van der Waals surface area contributed by atoms with Gasteiger partial charge >= 0.3 is 0 Å². The molecule has 0 atom stereocenters. The first-order valence-corrected chi connectivity index (χ1v) is 13.2. The van der Waals surface area contributed by atoms with Gasteiger partial charge in [0.15, 0.2) is 0 Å². The summed E-state index contributed by atoms with van der Waals surface area (Å²) in [6.45, 7) is 5.70. The van der Waals surface area contributed by atoms with Gasteiger partial charge in [0.1, 0.15) is 5.58 Å². The predicted octanol–water partition coefficient (Wildman–Crippen LogP) is 9.13. The van der Waals surface area contributed by atoms with Crippen molar-refractivity contribution in [2.45, 2.75) is 27.1 Å². The minimum Gasteiger partial charge on any atom is -0.500 e. The van der Waals surface area contributed by atoms with Gasteiger partial charge in [0.25, 0.3) is 0 Å². The van der Waals surface area contributed by atoms with E-state index >= 15 is 0 Å². The number of aromatic nitrogens is 3. The van der Waals surface area contributed by atoms with Crippen LogP contribution in [0.15, 0.2) is 114 Å². The van der Waals surface area contributed by atoms with Gasteiger partial charge in [0.05, 0.1) is 5.58 Å². The van der Waals surface area contributed by atoms with Gasteiger partial charge < -0.3 is 14.4 Å². The molecule has 7 rings (SSSR count). The zero-order chi connectivity index (χ0) is 29.3. The summed E-state index contributed by atoms with van der Waals surface area (Å²) < 4.78 is 23.6. The van der Waals surface area contributed by atoms with Crippen molar-refractivity contribution in [3.63, 3.8) is 0 Å². The van der Waals surface area contributed by atoms with Crippen LogP contribution in [0.3, 0.4) is 0 Å². The van der Waals surface area contributed by atoms with Gasteiger partial charge in [0.2, 0.25) is 0 Å². The van der Waals surface area contributed by atoms with Gasteiger partial charge in [-0.25, -0.2) is 0 Å². The van der Waals surface area contributed by atoms with Crippen molar-refractivity contribution in [1.29, 1.82) is 0 Å². The van der Waals surface area contributed by atoms with Crippen molar-refractivity contribution < 1.29 is 27.3 Å². The molecule has 0 amide bonds. The number of hydrogen-bond acceptors (Lipinski definition) is 4. The molecule has 3 aromatic carbocycles. The number of hydrogen-bond donors (Lipinski definition) is 0. The summed E-state index contributed by atoms with van der Waals surface area (Å²) in [5.41, 5.74) is 4.92. The molecule has 0 unspecified atom stereocenters. The number of benzene rings is 3. The van der Waals surface area contributed by atoms with Crippen molar-refractivity contribution in [2.24, 2.45) is 5.41 Å². The van der Waals surface area contributed by atoms with E-state index in [1.807, 2.05) is 93.7 Å². The molecule has 205 valence electrons. The zero-order valence-electron chi connectivity index (χ0n) is 25.0. The number of rotatable bonds is 3. The van der Waals surface area contributed by atoms with Crippen LogP contribution >= 0.6 is 0 Å². The molecule has 4 nitrogen and oxygen atoms in total. The van der Waals surface area contributed by atoms with Crippen LogP contribution in [0.5, 0.6) is 0 Å². The fourth-order valence-corrected chi connectivity index (χ4v) is 4.70. The molecule has 0 aliphatic rings. The predicted molar refractivity (Wildman–Crippen MR) is 163 cm³/mol. The summed E-state index contributed by atoms with van der Waals surface area (Å²) in [5.74, 6) is 0. The Balaban J connectivity index is 0.000000238. The van der Waals surface area contributed by atoms with Crippen molar-refractivity contribution in [3.8, 4) is 22.5 Å². The van der Waals surface area contributed by atoms with Crippen LogP contribution in [0.25, 0.3) is 55.2 Å². The van der Waals surface area contributed by atoms with Gasteiger partial charge in [-0.05, 0) is 46.8 Å². The van der Waals surface area contributed by atoms with E-state index in [9.17, 15) is 0 Å². The van der Waals surface area contributed by atoms with E-state index in [0.29, 0.717) is 16.8 Å². The smallest absolute Gasteiger partial charge is 0.130 e. The first-order valence-electron chi connectivity index (χ1n) is 14.2. The minimum absolute atomic E-state index is 0. The molecule has 1 radical (unpaired) electrons. The van der Waals surface area contributed by atoms with Gasteiger partial charge in [0, 0.05) is 58.4 Å². The SMILES string of the molecule is [2H]C([2H])(c1ccnc(-c2[c-]ccc3c2oc2c4cnccc4ccc32)c1)C(C)(C)C.[Ir].[c-]1ccccc1-c1ccccn1. The molecule has 0 saturated carbocycles. The second-order valence-electron chi connectivity index (χ2n) is 10.5. The van der Waals surface area contributed by atoms with Crippen LogP contribution in [-0.2, 0) is 26.5 Å². The monoisotopic (exact) mass is 714 g/mol. The van der Waals surface area contributed by atoms with Crippen LogP contribution in [0.4, 0.5) is 0 Å². The van der Waals surface area contributed by atoms with Crippen LogP contribution in [0.2, 0.25) is 0 Å². The third-order valence-corrected chi connectivity index (χ3v) is 6.40. The maximum absolute atomic E-state index is 8.62. The van der Waals surface area contributed by atoms with E-state index in [2.05, 4.69) is 39.2 Å². The average Bonchev–Trinajstić information content (AvgIpc) is 3.41. The van der Waals surface area contributed by atoms with Crippen LogP contribution in [0.1, 0.15) is 29.1 Å². The summed E-state index contributed by atoms with van der Waals surface area (Å²) in [5, 5.41) is 4.03. The molecule has 0 aliphatic heterocycles. The maximum atomic E-state index is 8.62. The van der Waals surface area contributed by atoms with Crippen molar-refractivity contribution in [2.75, 3.05) is 0 Å². The molecule has 0 spiro atoms. The molecule has 0 bridgehead atoms. The largest absolute Gasteiger partial charge is 0.500 e. The molecule has 4 aromatic heterocycles. The van der Waals surface area contributed by atoms with Gasteiger partial charge in [-0.3, -0.25) is 4.98 Å². The third kappa shape index (κ3) is 6.27. The Morgan fingerprint density at radius 2 is 1.59 bits per heavy atom. The van der Waals surface area contributed by atoms with Gasteiger partial charge in [-0.2, -0.15) is 0 Å². The topological polar surface area (TPSA) is 51.8 Å². The third-order valence-electron chi connectivity index (χ3n) is 6.40. The Bertz CT molecular complexity index is 1970. The Morgan fingerprint density at radius 3 is 2.37 bits per heavy atom. The molecule has 41 heavy (non-hydrogen) atoms. The maximum Gasteiger partial charge on any atom is 0.130 e. The summed E-state index contributed by atoms with van der Waals surface area (Å²) in [4.78, 5) is 13.0. The first-order chi connectivity index (χ1) is 20.2. The first kappa shape index (κ1) is 25.8. The Hall–Kier alpha value is -4.18. The van der Waals surface area contributed by atoms with E-state index in [1.165, 1.54) is 0 Å². The fraction of sp³-hybridized carbons (Fsp3) is 0.139. The van der Waals surface area contributed by atoms with Crippen LogP contribution in [-0.4, -0.2) is 15.0 Å². The minimum atomic E-state index is -1.51. The molecular weight excluding hydrogens is 683 g/mol. The zero-order valence-corrected chi connectivity index (χ0v) is 25.4. The van der Waals surface area contributed by atoms with E-state index in [1.54, 1.807) is 24.7 Å². The van der Waals surface area contributed by atoms with Crippen LogP contribution < -0.4 is 0 Å². The number of nitrogens with zero attached hydrogens (tertiary/aromatic N) is 3.